The summed E-state index contributed by atoms with van der Waals surface area (Å²) in [6.07, 6.45) is 1.53. The number of hydrogen-bond acceptors (Lipinski definition) is 7. The molecule has 0 saturated heterocycles. The van der Waals surface area contributed by atoms with Gasteiger partial charge in [-0.3, -0.25) is 0 Å². The molecule has 0 aliphatic heterocycles. The van der Waals surface area contributed by atoms with Crippen LogP contribution in [-0.4, -0.2) is 51.6 Å². The number of aliphatic hydroxyl groups is 2. The Morgan fingerprint density at radius 2 is 1.29 bits per heavy atom. The molecule has 0 atom stereocenters. The van der Waals surface area contributed by atoms with Gasteiger partial charge in [-0.15, -0.1) is 0 Å². The maximum Gasteiger partial charge on any atom is 0.224 e. The Morgan fingerprint density at radius 1 is 0.750 bits per heavy atom. The largest absolute Gasteiger partial charge is 0.475 e. The summed E-state index contributed by atoms with van der Waals surface area (Å²) in [5.74, 6) is 0.755. The Hall–Kier alpha value is -2.77. The van der Waals surface area contributed by atoms with Crippen LogP contribution in [-0.2, 0) is 0 Å². The van der Waals surface area contributed by atoms with Crippen molar-refractivity contribution in [3.63, 3.8) is 0 Å². The number of pyridine rings is 1. The van der Waals surface area contributed by atoms with Gasteiger partial charge in [0, 0.05) is 21.5 Å². The zero-order valence-corrected chi connectivity index (χ0v) is 12.8. The molecule has 7 heteroatoms. The molecule has 0 bridgehead atoms. The molecule has 0 radical (unpaired) electrons. The molecule has 0 aliphatic rings. The van der Waals surface area contributed by atoms with Crippen LogP contribution in [0.25, 0.3) is 32.6 Å². The second-order valence-electron chi connectivity index (χ2n) is 5.25. The third kappa shape index (κ3) is 2.26. The number of benzene rings is 2. The second-order valence-corrected chi connectivity index (χ2v) is 5.25. The first-order valence-corrected chi connectivity index (χ1v) is 7.60. The summed E-state index contributed by atoms with van der Waals surface area (Å²) in [6.45, 7) is 0.0407. The van der Waals surface area contributed by atoms with E-state index in [9.17, 15) is 0 Å². The Bertz CT molecular complexity index is 933. The van der Waals surface area contributed by atoms with Crippen molar-refractivity contribution in [1.82, 2.24) is 15.0 Å². The van der Waals surface area contributed by atoms with Crippen LogP contribution >= 0.6 is 0 Å². The summed E-state index contributed by atoms with van der Waals surface area (Å²) in [7, 11) is 0. The molecule has 2 N–H and O–H groups in total. The van der Waals surface area contributed by atoms with Crippen LogP contribution in [0.2, 0.25) is 0 Å². The molecule has 0 fully saturated rings. The number of rotatable bonds is 6. The first-order valence-electron chi connectivity index (χ1n) is 7.60. The Morgan fingerprint density at radius 3 is 1.79 bits per heavy atom. The quantitative estimate of drug-likeness (QED) is 0.519. The molecule has 2 aromatic heterocycles. The zero-order chi connectivity index (χ0) is 16.5. The lowest BCUT2D eigenvalue weighted by Gasteiger charge is -2.15. The minimum absolute atomic E-state index is 0.112. The van der Waals surface area contributed by atoms with Crippen LogP contribution in [0.15, 0.2) is 30.6 Å². The van der Waals surface area contributed by atoms with E-state index in [2.05, 4.69) is 15.0 Å². The van der Waals surface area contributed by atoms with Crippen molar-refractivity contribution < 1.29 is 19.7 Å². The van der Waals surface area contributed by atoms with Crippen molar-refractivity contribution in [2.75, 3.05) is 26.4 Å². The Balaban J connectivity index is 2.07. The van der Waals surface area contributed by atoms with Crippen molar-refractivity contribution in [1.29, 1.82) is 0 Å². The number of hydrogen-bond donors (Lipinski definition) is 2. The van der Waals surface area contributed by atoms with Crippen LogP contribution in [0.3, 0.4) is 0 Å². The highest BCUT2D eigenvalue weighted by Crippen LogP contribution is 2.40. The van der Waals surface area contributed by atoms with Gasteiger partial charge in [0.25, 0.3) is 0 Å². The van der Waals surface area contributed by atoms with E-state index in [4.69, 9.17) is 19.7 Å². The molecule has 0 aliphatic carbocycles. The molecule has 2 heterocycles. The SMILES string of the molecule is OCCOc1nc(OCCO)c2ccc3ncnc4ccc1c2c43. The molecule has 0 unspecified atom stereocenters. The van der Waals surface area contributed by atoms with E-state index >= 15 is 0 Å². The van der Waals surface area contributed by atoms with E-state index < -0.39 is 0 Å². The van der Waals surface area contributed by atoms with Gasteiger partial charge in [-0.25, -0.2) is 9.97 Å². The fourth-order valence-corrected chi connectivity index (χ4v) is 2.90. The van der Waals surface area contributed by atoms with Crippen molar-refractivity contribution in [3.05, 3.63) is 30.6 Å². The number of ether oxygens (including phenoxy) is 2. The van der Waals surface area contributed by atoms with Crippen molar-refractivity contribution in [2.24, 2.45) is 0 Å². The lowest BCUT2D eigenvalue weighted by Crippen LogP contribution is -2.07. The first kappa shape index (κ1) is 14.8. The van der Waals surface area contributed by atoms with Crippen molar-refractivity contribution >= 4 is 32.6 Å². The van der Waals surface area contributed by atoms with Gasteiger partial charge >= 0.3 is 0 Å². The fourth-order valence-electron chi connectivity index (χ4n) is 2.90. The minimum Gasteiger partial charge on any atom is -0.475 e. The van der Waals surface area contributed by atoms with Gasteiger partial charge in [-0.2, -0.15) is 4.98 Å². The Labute approximate surface area is 136 Å². The predicted octanol–water partition coefficient (Wildman–Crippen LogP) is 1.51. The van der Waals surface area contributed by atoms with Gasteiger partial charge in [-0.05, 0) is 24.3 Å². The average molecular weight is 325 g/mol. The lowest BCUT2D eigenvalue weighted by atomic mass is 10.0. The molecule has 2 aromatic carbocycles. The van der Waals surface area contributed by atoms with Gasteiger partial charge in [0.2, 0.25) is 11.8 Å². The minimum atomic E-state index is -0.112. The van der Waals surface area contributed by atoms with E-state index in [-0.39, 0.29) is 26.4 Å². The molecule has 0 amide bonds. The molecule has 0 spiro atoms. The molecule has 0 saturated carbocycles. The van der Waals surface area contributed by atoms with Crippen LogP contribution in [0.4, 0.5) is 0 Å². The van der Waals surface area contributed by atoms with Crippen molar-refractivity contribution in [3.8, 4) is 11.8 Å². The second kappa shape index (κ2) is 6.03. The summed E-state index contributed by atoms with van der Waals surface area (Å²) in [6, 6.07) is 7.58. The topological polar surface area (TPSA) is 97.6 Å². The van der Waals surface area contributed by atoms with Crippen LogP contribution in [0.1, 0.15) is 0 Å². The average Bonchev–Trinajstić information content (AvgIpc) is 2.63. The van der Waals surface area contributed by atoms with Crippen LogP contribution in [0, 0.1) is 0 Å². The fraction of sp³-hybridized carbons (Fsp3) is 0.235. The number of aromatic nitrogens is 3. The molecule has 4 rings (SSSR count). The highest BCUT2D eigenvalue weighted by atomic mass is 16.5. The van der Waals surface area contributed by atoms with Gasteiger partial charge in [-0.1, -0.05) is 0 Å². The van der Waals surface area contributed by atoms with Crippen LogP contribution < -0.4 is 9.47 Å². The molecular weight excluding hydrogens is 310 g/mol. The Kier molecular flexibility index (Phi) is 3.72. The number of aliphatic hydroxyl groups excluding tert-OH is 2. The summed E-state index contributed by atoms with van der Waals surface area (Å²) in [5, 5.41) is 21.5. The predicted molar refractivity (Wildman–Crippen MR) is 88.7 cm³/mol. The van der Waals surface area contributed by atoms with Gasteiger partial charge < -0.3 is 19.7 Å². The van der Waals surface area contributed by atoms with Gasteiger partial charge in [0.15, 0.2) is 0 Å². The maximum absolute atomic E-state index is 9.04. The molecule has 4 aromatic rings. The zero-order valence-electron chi connectivity index (χ0n) is 12.8. The first-order chi connectivity index (χ1) is 11.8. The van der Waals surface area contributed by atoms with Crippen molar-refractivity contribution in [2.45, 2.75) is 0 Å². The third-order valence-electron chi connectivity index (χ3n) is 3.83. The highest BCUT2D eigenvalue weighted by molar-refractivity contribution is 6.23. The maximum atomic E-state index is 9.04. The molecule has 7 nitrogen and oxygen atoms in total. The third-order valence-corrected chi connectivity index (χ3v) is 3.83. The monoisotopic (exact) mass is 325 g/mol. The van der Waals surface area contributed by atoms with E-state index in [1.807, 2.05) is 24.3 Å². The molecule has 24 heavy (non-hydrogen) atoms. The summed E-state index contributed by atoms with van der Waals surface area (Å²) in [5.41, 5.74) is 1.65. The highest BCUT2D eigenvalue weighted by Gasteiger charge is 2.18. The molecular formula is C17H15N3O4. The lowest BCUT2D eigenvalue weighted by molar-refractivity contribution is 0.187. The van der Waals surface area contributed by atoms with E-state index in [0.29, 0.717) is 11.8 Å². The smallest absolute Gasteiger partial charge is 0.224 e. The normalized spacial score (nSPS) is 11.6. The number of nitrogens with zero attached hydrogens (tertiary/aromatic N) is 3. The van der Waals surface area contributed by atoms with E-state index in [0.717, 1.165) is 32.6 Å². The van der Waals surface area contributed by atoms with Crippen LogP contribution in [0.5, 0.6) is 11.8 Å². The summed E-state index contributed by atoms with van der Waals surface area (Å²) < 4.78 is 11.2. The summed E-state index contributed by atoms with van der Waals surface area (Å²) in [4.78, 5) is 13.1. The molecule has 122 valence electrons. The summed E-state index contributed by atoms with van der Waals surface area (Å²) >= 11 is 0. The van der Waals surface area contributed by atoms with E-state index in [1.54, 1.807) is 0 Å². The standard InChI is InChI=1S/C17H15N3O4/c21-5-7-23-16-10-1-3-12-15-13(19-9-18-12)4-2-11(14(10)15)17(20-16)24-8-6-22/h1-4,9,21-22H,5-8H2. The van der Waals surface area contributed by atoms with Gasteiger partial charge in [0.1, 0.15) is 19.5 Å². The van der Waals surface area contributed by atoms with E-state index in [1.165, 1.54) is 6.33 Å². The van der Waals surface area contributed by atoms with Gasteiger partial charge in [0.05, 0.1) is 24.2 Å².